The number of fused-ring (bicyclic) bond motifs is 1. The SMILES string of the molecule is O=C(Nc1ccnc(Cl)c1)c1cnc2c(NC3CC3)cc(NC3CCSCC3)nn12. The van der Waals surface area contributed by atoms with Gasteiger partial charge in [-0.1, -0.05) is 11.6 Å². The number of carbonyl (C=O) groups excluding carboxylic acids is 1. The van der Waals surface area contributed by atoms with Crippen LogP contribution in [0.2, 0.25) is 5.15 Å². The van der Waals surface area contributed by atoms with Crippen LogP contribution in [0.5, 0.6) is 0 Å². The average Bonchev–Trinajstić information content (AvgIpc) is 3.44. The summed E-state index contributed by atoms with van der Waals surface area (Å²) in [6.07, 6.45) is 7.61. The van der Waals surface area contributed by atoms with Crippen LogP contribution in [0.3, 0.4) is 0 Å². The Morgan fingerprint density at radius 2 is 1.90 bits per heavy atom. The fraction of sp³-hybridized carbons (Fsp3) is 0.400. The second-order valence-electron chi connectivity index (χ2n) is 7.59. The summed E-state index contributed by atoms with van der Waals surface area (Å²) in [6.45, 7) is 0. The van der Waals surface area contributed by atoms with Crippen LogP contribution >= 0.6 is 23.4 Å². The number of halogens is 1. The van der Waals surface area contributed by atoms with Crippen molar-refractivity contribution in [1.29, 1.82) is 0 Å². The number of hydrogen-bond donors (Lipinski definition) is 3. The maximum atomic E-state index is 12.9. The van der Waals surface area contributed by atoms with E-state index in [4.69, 9.17) is 16.7 Å². The second-order valence-corrected chi connectivity index (χ2v) is 9.21. The van der Waals surface area contributed by atoms with Crippen LogP contribution in [0.4, 0.5) is 17.2 Å². The van der Waals surface area contributed by atoms with Gasteiger partial charge in [0.25, 0.3) is 5.91 Å². The van der Waals surface area contributed by atoms with Crippen LogP contribution in [0.15, 0.2) is 30.6 Å². The molecule has 4 heterocycles. The maximum absolute atomic E-state index is 12.9. The van der Waals surface area contributed by atoms with Crippen LogP contribution in [-0.2, 0) is 0 Å². The van der Waals surface area contributed by atoms with Gasteiger partial charge in [-0.15, -0.1) is 5.10 Å². The van der Waals surface area contributed by atoms with E-state index in [0.717, 1.165) is 48.7 Å². The first-order chi connectivity index (χ1) is 14.7. The monoisotopic (exact) mass is 443 g/mol. The molecule has 0 aromatic carbocycles. The molecule has 3 aromatic heterocycles. The summed E-state index contributed by atoms with van der Waals surface area (Å²) in [5.41, 5.74) is 2.47. The van der Waals surface area contributed by atoms with Crippen molar-refractivity contribution in [2.75, 3.05) is 27.5 Å². The second kappa shape index (κ2) is 8.31. The van der Waals surface area contributed by atoms with Crippen molar-refractivity contribution in [3.8, 4) is 0 Å². The minimum absolute atomic E-state index is 0.305. The third kappa shape index (κ3) is 4.32. The summed E-state index contributed by atoms with van der Waals surface area (Å²) in [5.74, 6) is 2.75. The van der Waals surface area contributed by atoms with Crippen LogP contribution < -0.4 is 16.0 Å². The Morgan fingerprint density at radius 3 is 2.67 bits per heavy atom. The highest BCUT2D eigenvalue weighted by atomic mass is 35.5. The van der Waals surface area contributed by atoms with Crippen molar-refractivity contribution in [2.24, 2.45) is 0 Å². The van der Waals surface area contributed by atoms with E-state index in [0.29, 0.717) is 34.3 Å². The summed E-state index contributed by atoms with van der Waals surface area (Å²) in [4.78, 5) is 21.3. The molecule has 1 amide bonds. The van der Waals surface area contributed by atoms with Gasteiger partial charge in [-0.05, 0) is 49.3 Å². The number of carbonyl (C=O) groups is 1. The quantitative estimate of drug-likeness (QED) is 0.497. The first kappa shape index (κ1) is 19.4. The number of aromatic nitrogens is 4. The number of amides is 1. The lowest BCUT2D eigenvalue weighted by Crippen LogP contribution is -2.26. The number of hydrogen-bond acceptors (Lipinski definition) is 7. The highest BCUT2D eigenvalue weighted by Crippen LogP contribution is 2.29. The van der Waals surface area contributed by atoms with Gasteiger partial charge in [0, 0.05) is 30.0 Å². The van der Waals surface area contributed by atoms with Gasteiger partial charge in [-0.25, -0.2) is 14.5 Å². The number of thioether (sulfide) groups is 1. The molecule has 3 aromatic rings. The van der Waals surface area contributed by atoms with E-state index in [9.17, 15) is 4.79 Å². The van der Waals surface area contributed by atoms with Crippen molar-refractivity contribution >= 4 is 52.1 Å². The third-order valence-corrected chi connectivity index (χ3v) is 6.45. The summed E-state index contributed by atoms with van der Waals surface area (Å²) >= 11 is 7.91. The van der Waals surface area contributed by atoms with Crippen LogP contribution in [-0.4, -0.2) is 49.1 Å². The lowest BCUT2D eigenvalue weighted by Gasteiger charge is -2.23. The molecule has 1 aliphatic carbocycles. The Bertz CT molecular complexity index is 1080. The molecule has 30 heavy (non-hydrogen) atoms. The van der Waals surface area contributed by atoms with Gasteiger partial charge in [-0.2, -0.15) is 11.8 Å². The number of imidazole rings is 1. The molecule has 0 bridgehead atoms. The molecular weight excluding hydrogens is 422 g/mol. The number of rotatable bonds is 6. The van der Waals surface area contributed by atoms with Gasteiger partial charge in [0.2, 0.25) is 0 Å². The highest BCUT2D eigenvalue weighted by Gasteiger charge is 2.25. The van der Waals surface area contributed by atoms with Crippen LogP contribution in [0, 0.1) is 0 Å². The van der Waals surface area contributed by atoms with E-state index in [1.165, 1.54) is 0 Å². The number of nitrogens with zero attached hydrogens (tertiary/aromatic N) is 4. The maximum Gasteiger partial charge on any atom is 0.276 e. The minimum atomic E-state index is -0.305. The topological polar surface area (TPSA) is 96.2 Å². The Morgan fingerprint density at radius 1 is 1.10 bits per heavy atom. The Labute approximate surface area is 183 Å². The summed E-state index contributed by atoms with van der Waals surface area (Å²) in [6, 6.07) is 6.15. The van der Waals surface area contributed by atoms with E-state index in [-0.39, 0.29) is 5.91 Å². The molecular formula is C20H22ClN7OS. The normalized spacial score (nSPS) is 17.1. The third-order valence-electron chi connectivity index (χ3n) is 5.19. The number of pyridine rings is 1. The Hall–Kier alpha value is -2.52. The minimum Gasteiger partial charge on any atom is -0.379 e. The molecule has 0 unspecified atom stereocenters. The molecule has 5 rings (SSSR count). The molecule has 1 aliphatic heterocycles. The standard InChI is InChI=1S/C20H22ClN7OS/c21-17-9-14(3-6-22-17)26-20(29)16-11-23-19-15(24-12-1-2-12)10-18(27-28(16)19)25-13-4-7-30-8-5-13/h3,6,9-13,24H,1-2,4-5,7-8H2,(H,25,27)(H,22,26,29). The molecule has 10 heteroatoms. The zero-order chi connectivity index (χ0) is 20.5. The fourth-order valence-electron chi connectivity index (χ4n) is 3.47. The molecule has 1 saturated heterocycles. The van der Waals surface area contributed by atoms with E-state index < -0.39 is 0 Å². The first-order valence-corrected chi connectivity index (χ1v) is 11.6. The lowest BCUT2D eigenvalue weighted by molar-refractivity contribution is 0.102. The molecule has 3 N–H and O–H groups in total. The number of anilines is 3. The molecule has 156 valence electrons. The molecule has 0 radical (unpaired) electrons. The first-order valence-electron chi connectivity index (χ1n) is 10.1. The molecule has 8 nitrogen and oxygen atoms in total. The summed E-state index contributed by atoms with van der Waals surface area (Å²) < 4.78 is 1.61. The van der Waals surface area contributed by atoms with Gasteiger partial charge in [0.1, 0.15) is 11.0 Å². The highest BCUT2D eigenvalue weighted by molar-refractivity contribution is 7.99. The van der Waals surface area contributed by atoms with Crippen molar-refractivity contribution < 1.29 is 4.79 Å². The van der Waals surface area contributed by atoms with Crippen LogP contribution in [0.1, 0.15) is 36.2 Å². The van der Waals surface area contributed by atoms with Crippen molar-refractivity contribution in [3.63, 3.8) is 0 Å². The van der Waals surface area contributed by atoms with Crippen LogP contribution in [0.25, 0.3) is 5.65 Å². The van der Waals surface area contributed by atoms with Gasteiger partial charge in [0.15, 0.2) is 11.3 Å². The summed E-state index contributed by atoms with van der Waals surface area (Å²) in [7, 11) is 0. The largest absolute Gasteiger partial charge is 0.379 e. The van der Waals surface area contributed by atoms with Crippen molar-refractivity contribution in [3.05, 3.63) is 41.4 Å². The molecule has 2 aliphatic rings. The molecule has 0 spiro atoms. The van der Waals surface area contributed by atoms with E-state index in [2.05, 4.69) is 25.9 Å². The van der Waals surface area contributed by atoms with Gasteiger partial charge in [-0.3, -0.25) is 4.79 Å². The zero-order valence-electron chi connectivity index (χ0n) is 16.3. The van der Waals surface area contributed by atoms with Gasteiger partial charge < -0.3 is 16.0 Å². The van der Waals surface area contributed by atoms with E-state index in [1.807, 2.05) is 17.8 Å². The van der Waals surface area contributed by atoms with Crippen molar-refractivity contribution in [1.82, 2.24) is 19.6 Å². The Balaban J connectivity index is 1.47. The number of nitrogens with one attached hydrogen (secondary N) is 3. The van der Waals surface area contributed by atoms with E-state index in [1.54, 1.807) is 29.0 Å². The molecule has 0 atom stereocenters. The lowest BCUT2D eigenvalue weighted by atomic mass is 10.1. The predicted molar refractivity (Wildman–Crippen MR) is 121 cm³/mol. The smallest absolute Gasteiger partial charge is 0.276 e. The fourth-order valence-corrected chi connectivity index (χ4v) is 4.75. The molecule has 2 fully saturated rings. The van der Waals surface area contributed by atoms with E-state index >= 15 is 0 Å². The van der Waals surface area contributed by atoms with Crippen molar-refractivity contribution in [2.45, 2.75) is 37.8 Å². The average molecular weight is 444 g/mol. The zero-order valence-corrected chi connectivity index (χ0v) is 17.8. The predicted octanol–water partition coefficient (Wildman–Crippen LogP) is 3.91. The summed E-state index contributed by atoms with van der Waals surface area (Å²) in [5, 5.41) is 14.9. The van der Waals surface area contributed by atoms with Gasteiger partial charge >= 0.3 is 0 Å². The Kier molecular flexibility index (Phi) is 5.39. The van der Waals surface area contributed by atoms with Gasteiger partial charge in [0.05, 0.1) is 11.9 Å². The molecule has 1 saturated carbocycles.